The quantitative estimate of drug-likeness (QED) is 0.753. The molecule has 0 aliphatic rings. The molecule has 144 valence electrons. The van der Waals surface area contributed by atoms with Gasteiger partial charge in [-0.3, -0.25) is 4.79 Å². The number of hydrogen-bond acceptors (Lipinski definition) is 6. The van der Waals surface area contributed by atoms with Crippen LogP contribution < -0.4 is 10.1 Å². The molecule has 0 saturated carbocycles. The topological polar surface area (TPSA) is 107 Å². The van der Waals surface area contributed by atoms with Crippen LogP contribution in [0.5, 0.6) is 5.75 Å². The van der Waals surface area contributed by atoms with Crippen LogP contribution in [0.4, 0.5) is 5.69 Å². The highest BCUT2D eigenvalue weighted by Gasteiger charge is 2.24. The molecule has 8 heteroatoms. The van der Waals surface area contributed by atoms with E-state index >= 15 is 0 Å². The molecule has 0 spiro atoms. The summed E-state index contributed by atoms with van der Waals surface area (Å²) in [5.74, 6) is -1.30. The van der Waals surface area contributed by atoms with Crippen molar-refractivity contribution >= 4 is 23.5 Å². The molecular formula is C19H22N2O6. The van der Waals surface area contributed by atoms with Crippen molar-refractivity contribution in [2.75, 3.05) is 26.1 Å². The number of amides is 1. The van der Waals surface area contributed by atoms with E-state index in [1.807, 2.05) is 13.0 Å². The lowest BCUT2D eigenvalue weighted by Crippen LogP contribution is -2.21. The molecule has 1 amide bonds. The van der Waals surface area contributed by atoms with Gasteiger partial charge in [0.2, 0.25) is 0 Å². The van der Waals surface area contributed by atoms with Gasteiger partial charge in [0.1, 0.15) is 11.4 Å². The van der Waals surface area contributed by atoms with E-state index in [1.165, 1.54) is 14.2 Å². The number of nitrogens with one attached hydrogen (secondary N) is 2. The molecule has 27 heavy (non-hydrogen) atoms. The molecule has 2 rings (SSSR count). The summed E-state index contributed by atoms with van der Waals surface area (Å²) in [6.45, 7) is 4.64. The Balaban J connectivity index is 2.05. The summed E-state index contributed by atoms with van der Waals surface area (Å²) in [6.07, 6.45) is 0. The number of ether oxygens (including phenoxy) is 3. The van der Waals surface area contributed by atoms with E-state index in [2.05, 4.69) is 10.3 Å². The summed E-state index contributed by atoms with van der Waals surface area (Å²) in [5, 5.41) is 2.64. The smallest absolute Gasteiger partial charge is 0.355 e. The predicted molar refractivity (Wildman–Crippen MR) is 98.2 cm³/mol. The number of methoxy groups -OCH3 is 2. The van der Waals surface area contributed by atoms with Gasteiger partial charge in [-0.05, 0) is 44.0 Å². The molecule has 0 aliphatic heterocycles. The SMILES string of the molecule is COC(=O)c1c(C)[nH]c(C(=O)OCC(=O)Nc2cc(C)ccc2OC)c1C. The summed E-state index contributed by atoms with van der Waals surface area (Å²) in [5.41, 5.74) is 2.70. The zero-order chi connectivity index (χ0) is 20.1. The molecule has 0 unspecified atom stereocenters. The number of aromatic amines is 1. The Hall–Kier alpha value is -3.29. The van der Waals surface area contributed by atoms with E-state index in [9.17, 15) is 14.4 Å². The van der Waals surface area contributed by atoms with E-state index < -0.39 is 24.5 Å². The van der Waals surface area contributed by atoms with Crippen LogP contribution >= 0.6 is 0 Å². The van der Waals surface area contributed by atoms with Gasteiger partial charge in [0, 0.05) is 5.69 Å². The number of rotatable bonds is 6. The van der Waals surface area contributed by atoms with Crippen LogP contribution in [0.3, 0.4) is 0 Å². The molecular weight excluding hydrogens is 352 g/mol. The number of carbonyl (C=O) groups excluding carboxylic acids is 3. The van der Waals surface area contributed by atoms with Gasteiger partial charge in [-0.2, -0.15) is 0 Å². The van der Waals surface area contributed by atoms with Gasteiger partial charge in [0.05, 0.1) is 25.5 Å². The van der Waals surface area contributed by atoms with Crippen molar-refractivity contribution in [3.8, 4) is 5.75 Å². The first-order chi connectivity index (χ1) is 12.8. The highest BCUT2D eigenvalue weighted by atomic mass is 16.5. The number of aryl methyl sites for hydroxylation is 2. The van der Waals surface area contributed by atoms with Crippen LogP contribution in [-0.4, -0.2) is 43.7 Å². The number of esters is 2. The van der Waals surface area contributed by atoms with Crippen LogP contribution in [0.2, 0.25) is 0 Å². The maximum absolute atomic E-state index is 12.3. The van der Waals surface area contributed by atoms with Crippen molar-refractivity contribution in [1.82, 2.24) is 4.98 Å². The summed E-state index contributed by atoms with van der Waals surface area (Å²) in [4.78, 5) is 39.0. The lowest BCUT2D eigenvalue weighted by atomic mass is 10.1. The van der Waals surface area contributed by atoms with Gasteiger partial charge >= 0.3 is 11.9 Å². The van der Waals surface area contributed by atoms with Crippen molar-refractivity contribution in [3.05, 3.63) is 46.3 Å². The van der Waals surface area contributed by atoms with Crippen LogP contribution in [0, 0.1) is 20.8 Å². The van der Waals surface area contributed by atoms with Crippen molar-refractivity contribution in [2.45, 2.75) is 20.8 Å². The predicted octanol–water partition coefficient (Wildman–Crippen LogP) is 2.53. The van der Waals surface area contributed by atoms with Crippen molar-refractivity contribution < 1.29 is 28.6 Å². The molecule has 0 radical (unpaired) electrons. The summed E-state index contributed by atoms with van der Waals surface area (Å²) in [7, 11) is 2.76. The van der Waals surface area contributed by atoms with E-state index in [0.29, 0.717) is 22.7 Å². The monoisotopic (exact) mass is 374 g/mol. The fourth-order valence-electron chi connectivity index (χ4n) is 2.67. The largest absolute Gasteiger partial charge is 0.495 e. The fraction of sp³-hybridized carbons (Fsp3) is 0.316. The van der Waals surface area contributed by atoms with Gasteiger partial charge in [0.25, 0.3) is 5.91 Å². The highest BCUT2D eigenvalue weighted by molar-refractivity contribution is 6.00. The maximum atomic E-state index is 12.3. The van der Waals surface area contributed by atoms with Crippen molar-refractivity contribution in [3.63, 3.8) is 0 Å². The highest BCUT2D eigenvalue weighted by Crippen LogP contribution is 2.25. The lowest BCUT2D eigenvalue weighted by Gasteiger charge is -2.11. The minimum Gasteiger partial charge on any atom is -0.495 e. The molecule has 0 atom stereocenters. The van der Waals surface area contributed by atoms with Crippen LogP contribution in [0.1, 0.15) is 37.7 Å². The average molecular weight is 374 g/mol. The third-order valence-electron chi connectivity index (χ3n) is 3.99. The Labute approximate surface area is 156 Å². The number of anilines is 1. The first-order valence-electron chi connectivity index (χ1n) is 8.17. The zero-order valence-corrected chi connectivity index (χ0v) is 15.9. The maximum Gasteiger partial charge on any atom is 0.355 e. The molecule has 8 nitrogen and oxygen atoms in total. The number of benzene rings is 1. The van der Waals surface area contributed by atoms with Crippen molar-refractivity contribution in [1.29, 1.82) is 0 Å². The second-order valence-electron chi connectivity index (χ2n) is 5.94. The van der Waals surface area contributed by atoms with E-state index in [1.54, 1.807) is 26.0 Å². The summed E-state index contributed by atoms with van der Waals surface area (Å²) in [6, 6.07) is 5.33. The molecule has 0 fully saturated rings. The molecule has 1 aromatic heterocycles. The van der Waals surface area contributed by atoms with E-state index in [4.69, 9.17) is 14.2 Å². The van der Waals surface area contributed by atoms with Gasteiger partial charge in [-0.1, -0.05) is 6.07 Å². The molecule has 1 heterocycles. The third-order valence-corrected chi connectivity index (χ3v) is 3.99. The summed E-state index contributed by atoms with van der Waals surface area (Å²) < 4.78 is 14.9. The van der Waals surface area contributed by atoms with Crippen molar-refractivity contribution in [2.24, 2.45) is 0 Å². The first kappa shape index (κ1) is 20.0. The minimum absolute atomic E-state index is 0.105. The molecule has 0 saturated heterocycles. The number of hydrogen-bond donors (Lipinski definition) is 2. The second-order valence-corrected chi connectivity index (χ2v) is 5.94. The Morgan fingerprint density at radius 3 is 2.41 bits per heavy atom. The molecule has 2 N–H and O–H groups in total. The van der Waals surface area contributed by atoms with E-state index in [0.717, 1.165) is 5.56 Å². The Bertz CT molecular complexity index is 885. The Kier molecular flexibility index (Phi) is 6.23. The molecule has 0 aliphatic carbocycles. The standard InChI is InChI=1S/C19H22N2O6/c1-10-6-7-14(25-4)13(8-10)21-15(22)9-27-19(24)17-11(2)16(12(3)20-17)18(23)26-5/h6-8,20H,9H2,1-5H3,(H,21,22). The van der Waals surface area contributed by atoms with E-state index in [-0.39, 0.29) is 11.3 Å². The zero-order valence-electron chi connectivity index (χ0n) is 15.9. The van der Waals surface area contributed by atoms with Crippen LogP contribution in [-0.2, 0) is 14.3 Å². The Morgan fingerprint density at radius 1 is 1.07 bits per heavy atom. The van der Waals surface area contributed by atoms with Gasteiger partial charge in [0.15, 0.2) is 6.61 Å². The second kappa shape index (κ2) is 8.39. The molecule has 2 aromatic rings. The number of aromatic nitrogens is 1. The van der Waals surface area contributed by atoms with Gasteiger partial charge < -0.3 is 24.5 Å². The molecule has 1 aromatic carbocycles. The number of carbonyl (C=O) groups is 3. The normalized spacial score (nSPS) is 10.3. The first-order valence-corrected chi connectivity index (χ1v) is 8.17. The van der Waals surface area contributed by atoms with Gasteiger partial charge in [-0.25, -0.2) is 9.59 Å². The minimum atomic E-state index is -0.739. The third kappa shape index (κ3) is 4.46. The summed E-state index contributed by atoms with van der Waals surface area (Å²) >= 11 is 0. The molecule has 0 bridgehead atoms. The van der Waals surface area contributed by atoms with Crippen LogP contribution in [0.25, 0.3) is 0 Å². The number of H-pyrrole nitrogens is 1. The Morgan fingerprint density at radius 2 is 1.78 bits per heavy atom. The lowest BCUT2D eigenvalue weighted by molar-refractivity contribution is -0.119. The van der Waals surface area contributed by atoms with Gasteiger partial charge in [-0.15, -0.1) is 0 Å². The van der Waals surface area contributed by atoms with Crippen LogP contribution in [0.15, 0.2) is 18.2 Å². The average Bonchev–Trinajstić information content (AvgIpc) is 2.93. The fourth-order valence-corrected chi connectivity index (χ4v) is 2.67.